The topological polar surface area (TPSA) is 17.0 Å². The maximum Gasteiger partial charge on any atom is 0.0562 e. The summed E-state index contributed by atoms with van der Waals surface area (Å²) in [7, 11) is 0. The second kappa shape index (κ2) is 10.1. The van der Waals surface area contributed by atoms with Crippen LogP contribution in [0.3, 0.4) is 0 Å². The maximum absolute atomic E-state index is 3.74. The molecule has 0 fully saturated rings. The van der Waals surface area contributed by atoms with Crippen molar-refractivity contribution in [2.75, 3.05) is 5.32 Å². The van der Waals surface area contributed by atoms with Crippen molar-refractivity contribution in [2.24, 2.45) is 0 Å². The van der Waals surface area contributed by atoms with Crippen LogP contribution in [0.5, 0.6) is 0 Å². The number of benzene rings is 7. The second-order valence-electron chi connectivity index (χ2n) is 10.7. The Labute approximate surface area is 245 Å². The Morgan fingerprint density at radius 3 is 1.74 bits per heavy atom. The van der Waals surface area contributed by atoms with Gasteiger partial charge in [-0.1, -0.05) is 121 Å². The molecule has 0 unspecified atom stereocenters. The summed E-state index contributed by atoms with van der Waals surface area (Å²) < 4.78 is 2.43. The van der Waals surface area contributed by atoms with Crippen LogP contribution in [0.4, 0.5) is 11.4 Å². The molecule has 0 spiro atoms. The van der Waals surface area contributed by atoms with Crippen LogP contribution in [0.1, 0.15) is 0 Å². The van der Waals surface area contributed by atoms with Crippen LogP contribution < -0.4 is 5.32 Å². The number of fused-ring (bicyclic) bond motifs is 4. The van der Waals surface area contributed by atoms with E-state index in [1.807, 2.05) is 0 Å². The zero-order valence-corrected chi connectivity index (χ0v) is 23.0. The van der Waals surface area contributed by atoms with Crippen LogP contribution in [0, 0.1) is 0 Å². The summed E-state index contributed by atoms with van der Waals surface area (Å²) in [6.07, 6.45) is 0. The predicted molar refractivity (Wildman–Crippen MR) is 179 cm³/mol. The molecule has 42 heavy (non-hydrogen) atoms. The molecule has 2 nitrogen and oxygen atoms in total. The Morgan fingerprint density at radius 1 is 0.405 bits per heavy atom. The number of hydrogen-bond acceptors (Lipinski definition) is 1. The Balaban J connectivity index is 1.45. The van der Waals surface area contributed by atoms with E-state index in [-0.39, 0.29) is 0 Å². The van der Waals surface area contributed by atoms with Gasteiger partial charge in [0.15, 0.2) is 0 Å². The number of anilines is 2. The first-order valence-electron chi connectivity index (χ1n) is 14.4. The van der Waals surface area contributed by atoms with Crippen LogP contribution in [-0.4, -0.2) is 4.57 Å². The minimum absolute atomic E-state index is 1.06. The van der Waals surface area contributed by atoms with Gasteiger partial charge in [-0.3, -0.25) is 0 Å². The molecule has 8 aromatic rings. The standard InChI is InChI=1S/C40H28N2/c1-4-14-28(15-5-1)35-25-32(24-30-18-10-11-21-33(30)35)42-39-23-13-12-22-34(39)37-26-36(29-16-6-2-7-17-29)38(27-40(37)42)41-31-19-8-3-9-20-31/h1-27,41H. The lowest BCUT2D eigenvalue weighted by Gasteiger charge is -2.16. The molecule has 0 aliphatic carbocycles. The third-order valence-corrected chi connectivity index (χ3v) is 8.14. The van der Waals surface area contributed by atoms with Crippen molar-refractivity contribution in [3.8, 4) is 27.9 Å². The molecule has 1 heterocycles. The highest BCUT2D eigenvalue weighted by Crippen LogP contribution is 2.41. The van der Waals surface area contributed by atoms with E-state index in [0.717, 1.165) is 17.1 Å². The Morgan fingerprint density at radius 2 is 1.00 bits per heavy atom. The van der Waals surface area contributed by atoms with E-state index in [2.05, 4.69) is 174 Å². The SMILES string of the molecule is c1ccc(Nc2cc3c(cc2-c2ccccc2)c2ccccc2n3-c2cc(-c3ccccc3)c3ccccc3c2)cc1. The smallest absolute Gasteiger partial charge is 0.0562 e. The first kappa shape index (κ1) is 24.2. The monoisotopic (exact) mass is 536 g/mol. The van der Waals surface area contributed by atoms with Gasteiger partial charge in [-0.05, 0) is 69.9 Å². The Kier molecular flexibility index (Phi) is 5.82. The predicted octanol–water partition coefficient (Wildman–Crippen LogP) is 11.0. The first-order valence-corrected chi connectivity index (χ1v) is 14.4. The molecule has 2 heteroatoms. The molecule has 0 bridgehead atoms. The van der Waals surface area contributed by atoms with Gasteiger partial charge >= 0.3 is 0 Å². The fraction of sp³-hybridized carbons (Fsp3) is 0. The van der Waals surface area contributed by atoms with Crippen molar-refractivity contribution >= 4 is 44.0 Å². The molecule has 0 radical (unpaired) electrons. The number of aromatic nitrogens is 1. The van der Waals surface area contributed by atoms with Crippen molar-refractivity contribution in [2.45, 2.75) is 0 Å². The normalized spacial score (nSPS) is 11.3. The number of rotatable bonds is 5. The van der Waals surface area contributed by atoms with E-state index < -0.39 is 0 Å². The number of para-hydroxylation sites is 2. The molecular weight excluding hydrogens is 508 g/mol. The summed E-state index contributed by atoms with van der Waals surface area (Å²) in [6, 6.07) is 58.6. The van der Waals surface area contributed by atoms with Gasteiger partial charge in [0.05, 0.1) is 11.0 Å². The molecular formula is C40H28N2. The average molecular weight is 537 g/mol. The van der Waals surface area contributed by atoms with Crippen LogP contribution in [0.25, 0.3) is 60.5 Å². The molecule has 8 rings (SSSR count). The van der Waals surface area contributed by atoms with Gasteiger partial charge in [0.2, 0.25) is 0 Å². The van der Waals surface area contributed by atoms with Crippen LogP contribution >= 0.6 is 0 Å². The summed E-state index contributed by atoms with van der Waals surface area (Å²) in [5.41, 5.74) is 10.5. The lowest BCUT2D eigenvalue weighted by atomic mass is 9.97. The van der Waals surface area contributed by atoms with Gasteiger partial charge in [0.1, 0.15) is 0 Å². The Hall–Kier alpha value is -5.60. The maximum atomic E-state index is 3.74. The van der Waals surface area contributed by atoms with E-state index in [1.165, 1.54) is 54.8 Å². The molecule has 7 aromatic carbocycles. The molecule has 1 N–H and O–H groups in total. The third-order valence-electron chi connectivity index (χ3n) is 8.14. The zero-order chi connectivity index (χ0) is 27.9. The van der Waals surface area contributed by atoms with Gasteiger partial charge in [0, 0.05) is 33.4 Å². The summed E-state index contributed by atoms with van der Waals surface area (Å²) in [4.78, 5) is 0. The molecule has 0 amide bonds. The fourth-order valence-electron chi connectivity index (χ4n) is 6.21. The van der Waals surface area contributed by atoms with Gasteiger partial charge in [-0.25, -0.2) is 0 Å². The third kappa shape index (κ3) is 4.13. The molecule has 0 saturated heterocycles. The summed E-state index contributed by atoms with van der Waals surface area (Å²) >= 11 is 0. The molecule has 0 aliphatic heterocycles. The summed E-state index contributed by atoms with van der Waals surface area (Å²) in [5.74, 6) is 0. The van der Waals surface area contributed by atoms with Crippen molar-refractivity contribution in [3.63, 3.8) is 0 Å². The van der Waals surface area contributed by atoms with Gasteiger partial charge in [-0.2, -0.15) is 0 Å². The average Bonchev–Trinajstić information content (AvgIpc) is 3.38. The molecule has 0 aliphatic rings. The molecule has 198 valence electrons. The van der Waals surface area contributed by atoms with Crippen molar-refractivity contribution < 1.29 is 0 Å². The molecule has 0 saturated carbocycles. The number of nitrogens with zero attached hydrogens (tertiary/aromatic N) is 1. The van der Waals surface area contributed by atoms with Crippen molar-refractivity contribution in [3.05, 3.63) is 164 Å². The molecule has 1 aromatic heterocycles. The minimum atomic E-state index is 1.06. The van der Waals surface area contributed by atoms with E-state index in [1.54, 1.807) is 0 Å². The summed E-state index contributed by atoms with van der Waals surface area (Å²) in [5, 5.41) is 8.70. The van der Waals surface area contributed by atoms with Crippen molar-refractivity contribution in [1.29, 1.82) is 0 Å². The van der Waals surface area contributed by atoms with Crippen LogP contribution in [0.2, 0.25) is 0 Å². The van der Waals surface area contributed by atoms with Gasteiger partial charge in [-0.15, -0.1) is 0 Å². The highest BCUT2D eigenvalue weighted by atomic mass is 15.0. The lowest BCUT2D eigenvalue weighted by molar-refractivity contribution is 1.19. The molecule has 0 atom stereocenters. The highest BCUT2D eigenvalue weighted by molar-refractivity contribution is 6.13. The van der Waals surface area contributed by atoms with Crippen LogP contribution in [-0.2, 0) is 0 Å². The van der Waals surface area contributed by atoms with Gasteiger partial charge < -0.3 is 9.88 Å². The van der Waals surface area contributed by atoms with E-state index in [4.69, 9.17) is 0 Å². The first-order chi connectivity index (χ1) is 20.8. The van der Waals surface area contributed by atoms with Gasteiger partial charge in [0.25, 0.3) is 0 Å². The van der Waals surface area contributed by atoms with E-state index in [0.29, 0.717) is 0 Å². The van der Waals surface area contributed by atoms with Crippen molar-refractivity contribution in [1.82, 2.24) is 4.57 Å². The van der Waals surface area contributed by atoms with E-state index in [9.17, 15) is 0 Å². The quantitative estimate of drug-likeness (QED) is 0.231. The fourth-order valence-corrected chi connectivity index (χ4v) is 6.21. The van der Waals surface area contributed by atoms with E-state index >= 15 is 0 Å². The number of hydrogen-bond donors (Lipinski definition) is 1. The lowest BCUT2D eigenvalue weighted by Crippen LogP contribution is -1.98. The summed E-state index contributed by atoms with van der Waals surface area (Å²) in [6.45, 7) is 0. The second-order valence-corrected chi connectivity index (χ2v) is 10.7. The number of nitrogens with one attached hydrogen (secondary N) is 1. The minimum Gasteiger partial charge on any atom is -0.355 e. The highest BCUT2D eigenvalue weighted by Gasteiger charge is 2.18. The van der Waals surface area contributed by atoms with Crippen LogP contribution in [0.15, 0.2) is 164 Å². The zero-order valence-electron chi connectivity index (χ0n) is 23.0. The largest absolute Gasteiger partial charge is 0.355 e. The Bertz CT molecular complexity index is 2190.